The minimum atomic E-state index is -1.34. The first kappa shape index (κ1) is 21.7. The zero-order valence-electron chi connectivity index (χ0n) is 17.7. The zero-order chi connectivity index (χ0) is 23.3. The molecule has 2 aliphatic heterocycles. The second kappa shape index (κ2) is 8.02. The molecule has 3 aromatic rings. The summed E-state index contributed by atoms with van der Waals surface area (Å²) in [5.74, 6) is -0.782. The second-order valence-electron chi connectivity index (χ2n) is 8.51. The van der Waals surface area contributed by atoms with Crippen LogP contribution in [0.25, 0.3) is 5.65 Å². The van der Waals surface area contributed by atoms with Gasteiger partial charge in [0.1, 0.15) is 23.1 Å². The number of benzene rings is 1. The molecule has 8 nitrogen and oxygen atoms in total. The van der Waals surface area contributed by atoms with E-state index in [4.69, 9.17) is 15.7 Å². The summed E-state index contributed by atoms with van der Waals surface area (Å²) in [4.78, 5) is 20.2. The summed E-state index contributed by atoms with van der Waals surface area (Å²) < 4.78 is 29.9. The van der Waals surface area contributed by atoms with Crippen LogP contribution in [0.1, 0.15) is 30.9 Å². The Hall–Kier alpha value is -3.14. The van der Waals surface area contributed by atoms with Crippen molar-refractivity contribution in [3.8, 4) is 0 Å². The highest BCUT2D eigenvalue weighted by molar-refractivity contribution is 6.42. The Morgan fingerprint density at radius 1 is 1.24 bits per heavy atom. The van der Waals surface area contributed by atoms with Crippen LogP contribution < -0.4 is 10.2 Å². The van der Waals surface area contributed by atoms with Crippen molar-refractivity contribution in [3.63, 3.8) is 0 Å². The number of aliphatic hydroxyl groups is 1. The number of carbonyl (C=O) groups is 1. The van der Waals surface area contributed by atoms with Crippen LogP contribution in [0.15, 0.2) is 36.7 Å². The van der Waals surface area contributed by atoms with Gasteiger partial charge in [0, 0.05) is 24.8 Å². The molecule has 5 rings (SSSR count). The molecule has 12 heteroatoms. The molecule has 166 valence electrons. The number of fused-ring (bicyclic) bond motifs is 1. The maximum absolute atomic E-state index is 14.6. The molecule has 2 N–H and O–H groups in total. The van der Waals surface area contributed by atoms with Crippen LogP contribution in [0.5, 0.6) is 0 Å². The standard InChI is InChI=1S/C21H20B2F2N6O2/c22-21(23)6-3-17(14-9-12(24)1-2-15(14)25)31(21)18-5-8-30-19(28-18)16(10-26-30)27-20(33)29-7-4-13(32)11-29/h1-2,5,8-10,13,17,32H,3-4,6-7,11H2,(H,27,33)/t13-,17+/m0/s1. The van der Waals surface area contributed by atoms with E-state index in [1.54, 1.807) is 17.2 Å². The Bertz CT molecular complexity index is 1220. The average molecular weight is 448 g/mol. The van der Waals surface area contributed by atoms with E-state index in [-0.39, 0.29) is 18.1 Å². The van der Waals surface area contributed by atoms with Gasteiger partial charge in [-0.15, -0.1) is 0 Å². The van der Waals surface area contributed by atoms with Gasteiger partial charge in [0.15, 0.2) is 5.65 Å². The highest BCUT2D eigenvalue weighted by Crippen LogP contribution is 2.43. The molecule has 1 aromatic carbocycles. The van der Waals surface area contributed by atoms with Gasteiger partial charge in [0.2, 0.25) is 0 Å². The molecule has 0 aliphatic carbocycles. The molecule has 33 heavy (non-hydrogen) atoms. The highest BCUT2D eigenvalue weighted by atomic mass is 19.1. The first-order chi connectivity index (χ1) is 15.7. The van der Waals surface area contributed by atoms with E-state index in [0.717, 1.165) is 18.2 Å². The lowest BCUT2D eigenvalue weighted by atomic mass is 9.60. The summed E-state index contributed by atoms with van der Waals surface area (Å²) in [7, 11) is 12.7. The molecule has 2 fully saturated rings. The van der Waals surface area contributed by atoms with E-state index in [0.29, 0.717) is 43.0 Å². The molecule has 0 unspecified atom stereocenters. The Morgan fingerprint density at radius 3 is 2.82 bits per heavy atom. The van der Waals surface area contributed by atoms with E-state index < -0.39 is 29.1 Å². The number of aliphatic hydroxyl groups excluding tert-OH is 1. The number of urea groups is 1. The molecule has 4 radical (unpaired) electrons. The average Bonchev–Trinajstić information content (AvgIpc) is 3.46. The summed E-state index contributed by atoms with van der Waals surface area (Å²) in [6, 6.07) is 3.90. The van der Waals surface area contributed by atoms with E-state index in [2.05, 4.69) is 15.4 Å². The molecule has 2 saturated heterocycles. The fourth-order valence-electron chi connectivity index (χ4n) is 4.55. The largest absolute Gasteiger partial charge is 0.391 e. The first-order valence-corrected chi connectivity index (χ1v) is 10.6. The third-order valence-electron chi connectivity index (χ3n) is 6.19. The SMILES string of the molecule is [B]C1([B])CC[C@H](c2cc(F)ccc2F)N1c1ccn2ncc(NC(=O)N3CC[C@H](O)C3)c2n1. The van der Waals surface area contributed by atoms with Gasteiger partial charge in [-0.2, -0.15) is 5.10 Å². The number of β-amino-alcohol motifs (C(OH)–C–C–N with tert-alkyl or cyclic N) is 1. The van der Waals surface area contributed by atoms with Gasteiger partial charge in [-0.1, -0.05) is 0 Å². The predicted octanol–water partition coefficient (Wildman–Crippen LogP) is 1.94. The van der Waals surface area contributed by atoms with Crippen molar-refractivity contribution in [1.29, 1.82) is 0 Å². The van der Waals surface area contributed by atoms with Gasteiger partial charge >= 0.3 is 6.03 Å². The Labute approximate surface area is 191 Å². The van der Waals surface area contributed by atoms with Crippen LogP contribution in [0.2, 0.25) is 0 Å². The summed E-state index contributed by atoms with van der Waals surface area (Å²) >= 11 is 0. The highest BCUT2D eigenvalue weighted by Gasteiger charge is 2.41. The minimum absolute atomic E-state index is 0.143. The lowest BCUT2D eigenvalue weighted by molar-refractivity contribution is 0.176. The molecule has 0 spiro atoms. The minimum Gasteiger partial charge on any atom is -0.391 e. The second-order valence-corrected chi connectivity index (χ2v) is 8.51. The third-order valence-corrected chi connectivity index (χ3v) is 6.19. The van der Waals surface area contributed by atoms with Gasteiger partial charge in [0.25, 0.3) is 0 Å². The maximum atomic E-state index is 14.6. The normalized spacial score (nSPS) is 22.3. The molecule has 0 bridgehead atoms. The predicted molar refractivity (Wildman–Crippen MR) is 119 cm³/mol. The van der Waals surface area contributed by atoms with Crippen molar-refractivity contribution in [3.05, 3.63) is 53.9 Å². The monoisotopic (exact) mass is 448 g/mol. The maximum Gasteiger partial charge on any atom is 0.322 e. The molecule has 2 atom stereocenters. The Morgan fingerprint density at radius 2 is 2.06 bits per heavy atom. The first-order valence-electron chi connectivity index (χ1n) is 10.6. The van der Waals surface area contributed by atoms with Crippen molar-refractivity contribution < 1.29 is 18.7 Å². The van der Waals surface area contributed by atoms with Crippen LogP contribution in [-0.2, 0) is 0 Å². The van der Waals surface area contributed by atoms with E-state index in [1.807, 2.05) is 0 Å². The number of hydrogen-bond acceptors (Lipinski definition) is 5. The number of anilines is 2. The smallest absolute Gasteiger partial charge is 0.322 e. The third kappa shape index (κ3) is 3.92. The van der Waals surface area contributed by atoms with Gasteiger partial charge < -0.3 is 20.2 Å². The molecule has 2 aliphatic rings. The summed E-state index contributed by atoms with van der Waals surface area (Å²) in [6.45, 7) is 0.698. The number of amides is 2. The molecule has 2 aromatic heterocycles. The fraction of sp³-hybridized carbons (Fsp3) is 0.381. The molecular weight excluding hydrogens is 428 g/mol. The Kier molecular flexibility index (Phi) is 5.27. The Balaban J connectivity index is 1.50. The van der Waals surface area contributed by atoms with Crippen LogP contribution >= 0.6 is 0 Å². The number of hydrogen-bond donors (Lipinski definition) is 2. The lowest BCUT2D eigenvalue weighted by Crippen LogP contribution is -2.46. The quantitative estimate of drug-likeness (QED) is 0.599. The van der Waals surface area contributed by atoms with Crippen molar-refractivity contribution in [2.75, 3.05) is 23.3 Å². The molecular formula is C21H20B2F2N6O2. The summed E-state index contributed by atoms with van der Waals surface area (Å²) in [5.41, 5.74) is 0.835. The van der Waals surface area contributed by atoms with Crippen LogP contribution in [0.3, 0.4) is 0 Å². The van der Waals surface area contributed by atoms with Gasteiger partial charge in [-0.3, -0.25) is 0 Å². The van der Waals surface area contributed by atoms with Crippen molar-refractivity contribution >= 4 is 38.9 Å². The van der Waals surface area contributed by atoms with Crippen LogP contribution in [-0.4, -0.2) is 70.9 Å². The number of carbonyl (C=O) groups excluding carboxylic acids is 1. The van der Waals surface area contributed by atoms with E-state index in [9.17, 15) is 18.7 Å². The van der Waals surface area contributed by atoms with Crippen LogP contribution in [0.4, 0.5) is 25.1 Å². The van der Waals surface area contributed by atoms with E-state index in [1.165, 1.54) is 15.6 Å². The number of nitrogens with one attached hydrogen (secondary N) is 1. The van der Waals surface area contributed by atoms with E-state index >= 15 is 0 Å². The summed E-state index contributed by atoms with van der Waals surface area (Å²) in [5, 5.41) is 15.3. The molecule has 4 heterocycles. The number of aromatic nitrogens is 3. The zero-order valence-corrected chi connectivity index (χ0v) is 17.7. The van der Waals surface area contributed by atoms with Gasteiger partial charge in [-0.25, -0.2) is 23.1 Å². The topological polar surface area (TPSA) is 86.0 Å². The van der Waals surface area contributed by atoms with Crippen molar-refractivity contribution in [1.82, 2.24) is 19.5 Å². The molecule has 0 saturated carbocycles. The lowest BCUT2D eigenvalue weighted by Gasteiger charge is -2.38. The van der Waals surface area contributed by atoms with Crippen molar-refractivity contribution in [2.45, 2.75) is 36.7 Å². The molecule has 2 amide bonds. The number of nitrogens with zero attached hydrogens (tertiary/aromatic N) is 5. The number of likely N-dealkylation sites (tertiary alicyclic amines) is 1. The fourth-order valence-corrected chi connectivity index (χ4v) is 4.55. The van der Waals surface area contributed by atoms with Gasteiger partial charge in [0.05, 0.1) is 34.0 Å². The number of rotatable bonds is 3. The number of halogens is 2. The van der Waals surface area contributed by atoms with Crippen molar-refractivity contribution in [2.24, 2.45) is 0 Å². The van der Waals surface area contributed by atoms with Gasteiger partial charge in [-0.05, 0) is 48.9 Å². The summed E-state index contributed by atoms with van der Waals surface area (Å²) in [6.07, 6.45) is 3.80. The van der Waals surface area contributed by atoms with Crippen LogP contribution in [0, 0.1) is 11.6 Å².